The topological polar surface area (TPSA) is 76.6 Å². The normalized spacial score (nSPS) is 18.8. The van der Waals surface area contributed by atoms with Crippen LogP contribution in [-0.2, 0) is 11.3 Å². The van der Waals surface area contributed by atoms with Crippen LogP contribution in [0.15, 0.2) is 42.7 Å². The Morgan fingerprint density at radius 3 is 2.68 bits per heavy atom. The first-order valence-electron chi connectivity index (χ1n) is 8.42. The van der Waals surface area contributed by atoms with Gasteiger partial charge >= 0.3 is 6.03 Å². The number of para-hydroxylation sites is 1. The molecule has 130 valence electrons. The number of ether oxygens (including phenoxy) is 2. The van der Waals surface area contributed by atoms with E-state index in [2.05, 4.69) is 15.3 Å². The van der Waals surface area contributed by atoms with E-state index in [1.165, 1.54) is 0 Å². The van der Waals surface area contributed by atoms with Crippen molar-refractivity contribution in [3.63, 3.8) is 0 Å². The van der Waals surface area contributed by atoms with Crippen LogP contribution in [0.3, 0.4) is 0 Å². The maximum atomic E-state index is 12.8. The number of fused-ring (bicyclic) bond motifs is 1. The quantitative estimate of drug-likeness (QED) is 0.863. The predicted octanol–water partition coefficient (Wildman–Crippen LogP) is 2.45. The summed E-state index contributed by atoms with van der Waals surface area (Å²) >= 11 is 0. The van der Waals surface area contributed by atoms with Crippen molar-refractivity contribution in [2.45, 2.75) is 25.0 Å². The Labute approximate surface area is 146 Å². The van der Waals surface area contributed by atoms with Crippen LogP contribution in [-0.4, -0.2) is 46.3 Å². The number of anilines is 1. The third-order valence-corrected chi connectivity index (χ3v) is 4.62. The number of hydrogen-bond donors (Lipinski definition) is 1. The van der Waals surface area contributed by atoms with Gasteiger partial charge in [-0.05, 0) is 12.1 Å². The van der Waals surface area contributed by atoms with Gasteiger partial charge in [-0.2, -0.15) is 0 Å². The van der Waals surface area contributed by atoms with Crippen molar-refractivity contribution < 1.29 is 14.3 Å². The van der Waals surface area contributed by atoms with E-state index in [-0.39, 0.29) is 6.03 Å². The lowest BCUT2D eigenvalue weighted by atomic mass is 9.93. The van der Waals surface area contributed by atoms with Crippen LogP contribution in [0.1, 0.15) is 18.4 Å². The Hall–Kier alpha value is -2.67. The molecule has 1 spiro atoms. The van der Waals surface area contributed by atoms with Crippen LogP contribution in [0.25, 0.3) is 0 Å². The molecule has 2 aliphatic rings. The van der Waals surface area contributed by atoms with Crippen molar-refractivity contribution in [1.82, 2.24) is 14.9 Å². The van der Waals surface area contributed by atoms with Gasteiger partial charge in [0.2, 0.25) is 5.95 Å². The van der Waals surface area contributed by atoms with Gasteiger partial charge in [-0.25, -0.2) is 14.8 Å². The molecule has 0 unspecified atom stereocenters. The molecule has 4 rings (SSSR count). The number of rotatable bonds is 1. The van der Waals surface area contributed by atoms with Crippen molar-refractivity contribution >= 4 is 12.0 Å². The molecule has 1 N–H and O–H groups in total. The predicted molar refractivity (Wildman–Crippen MR) is 91.3 cm³/mol. The Morgan fingerprint density at radius 1 is 1.12 bits per heavy atom. The van der Waals surface area contributed by atoms with Crippen molar-refractivity contribution in [2.75, 3.05) is 25.1 Å². The summed E-state index contributed by atoms with van der Waals surface area (Å²) < 4.78 is 11.9. The minimum atomic E-state index is -0.417. The summed E-state index contributed by atoms with van der Waals surface area (Å²) in [6.07, 6.45) is 4.72. The molecule has 2 aliphatic heterocycles. The zero-order chi connectivity index (χ0) is 17.1. The molecule has 2 amide bonds. The fraction of sp³-hybridized carbons (Fsp3) is 0.389. The van der Waals surface area contributed by atoms with Crippen molar-refractivity contribution in [3.8, 4) is 5.75 Å². The third kappa shape index (κ3) is 3.41. The first kappa shape index (κ1) is 15.8. The average molecular weight is 340 g/mol. The number of amides is 2. The second-order valence-corrected chi connectivity index (χ2v) is 6.36. The molecule has 1 fully saturated rings. The molecule has 0 saturated carbocycles. The summed E-state index contributed by atoms with van der Waals surface area (Å²) in [7, 11) is 0. The molecule has 1 aromatic heterocycles. The maximum absolute atomic E-state index is 12.8. The second kappa shape index (κ2) is 6.68. The molecule has 0 atom stereocenters. The second-order valence-electron chi connectivity index (χ2n) is 6.36. The highest BCUT2D eigenvalue weighted by molar-refractivity contribution is 5.87. The van der Waals surface area contributed by atoms with Gasteiger partial charge in [-0.15, -0.1) is 0 Å². The van der Waals surface area contributed by atoms with Gasteiger partial charge < -0.3 is 14.4 Å². The van der Waals surface area contributed by atoms with E-state index in [0.29, 0.717) is 32.3 Å². The zero-order valence-electron chi connectivity index (χ0n) is 13.9. The first-order valence-corrected chi connectivity index (χ1v) is 8.42. The van der Waals surface area contributed by atoms with Crippen LogP contribution < -0.4 is 10.1 Å². The van der Waals surface area contributed by atoms with Gasteiger partial charge in [-0.1, -0.05) is 18.2 Å². The molecule has 0 bridgehead atoms. The van der Waals surface area contributed by atoms with E-state index < -0.39 is 5.60 Å². The Bertz CT molecular complexity index is 747. The molecule has 3 heterocycles. The molecule has 1 saturated heterocycles. The SMILES string of the molecule is O=C(Nc1ncccn1)N1Cc2ccccc2OC2(CCOCC2)C1. The van der Waals surface area contributed by atoms with E-state index in [0.717, 1.165) is 24.2 Å². The highest BCUT2D eigenvalue weighted by atomic mass is 16.5. The summed E-state index contributed by atoms with van der Waals surface area (Å²) in [4.78, 5) is 22.7. The summed E-state index contributed by atoms with van der Waals surface area (Å²) in [6.45, 7) is 2.26. The number of hydrogen-bond acceptors (Lipinski definition) is 5. The number of nitrogens with zero attached hydrogens (tertiary/aromatic N) is 3. The van der Waals surface area contributed by atoms with Crippen molar-refractivity contribution in [3.05, 3.63) is 48.3 Å². The molecular weight excluding hydrogens is 320 g/mol. The molecule has 7 heteroatoms. The zero-order valence-corrected chi connectivity index (χ0v) is 13.9. The molecule has 7 nitrogen and oxygen atoms in total. The first-order chi connectivity index (χ1) is 12.2. The minimum Gasteiger partial charge on any atom is -0.485 e. The molecular formula is C18H20N4O3. The lowest BCUT2D eigenvalue weighted by Crippen LogP contribution is -2.51. The summed E-state index contributed by atoms with van der Waals surface area (Å²) in [5, 5.41) is 2.77. The molecule has 2 aromatic rings. The van der Waals surface area contributed by atoms with E-state index in [1.54, 1.807) is 23.4 Å². The van der Waals surface area contributed by atoms with Crippen LogP contribution in [0.5, 0.6) is 5.75 Å². The standard InChI is InChI=1S/C18H20N4O3/c23-17(21-16-19-8-3-9-20-16)22-12-14-4-1-2-5-15(14)25-18(13-22)6-10-24-11-7-18/h1-5,8-9H,6-7,10-13H2,(H,19,20,21,23). The summed E-state index contributed by atoms with van der Waals surface area (Å²) in [5.41, 5.74) is 0.578. The number of aromatic nitrogens is 2. The Morgan fingerprint density at radius 2 is 1.88 bits per heavy atom. The van der Waals surface area contributed by atoms with Gasteiger partial charge in [0.25, 0.3) is 0 Å². The number of nitrogens with one attached hydrogen (secondary N) is 1. The third-order valence-electron chi connectivity index (χ3n) is 4.62. The lowest BCUT2D eigenvalue weighted by Gasteiger charge is -2.38. The summed E-state index contributed by atoms with van der Waals surface area (Å²) in [5.74, 6) is 1.14. The Balaban J connectivity index is 1.61. The van der Waals surface area contributed by atoms with Gasteiger partial charge in [0.1, 0.15) is 11.4 Å². The van der Waals surface area contributed by atoms with Crippen LogP contribution in [0.4, 0.5) is 10.7 Å². The van der Waals surface area contributed by atoms with Crippen LogP contribution >= 0.6 is 0 Å². The van der Waals surface area contributed by atoms with E-state index in [4.69, 9.17) is 9.47 Å². The van der Waals surface area contributed by atoms with Crippen molar-refractivity contribution in [1.29, 1.82) is 0 Å². The van der Waals surface area contributed by atoms with E-state index in [1.807, 2.05) is 24.3 Å². The number of benzene rings is 1. The number of carbonyl (C=O) groups excluding carboxylic acids is 1. The number of carbonyl (C=O) groups is 1. The molecule has 1 aromatic carbocycles. The van der Waals surface area contributed by atoms with E-state index in [9.17, 15) is 4.79 Å². The van der Waals surface area contributed by atoms with E-state index >= 15 is 0 Å². The molecule has 0 aliphatic carbocycles. The van der Waals surface area contributed by atoms with Gasteiger partial charge in [0.05, 0.1) is 26.3 Å². The van der Waals surface area contributed by atoms with Crippen LogP contribution in [0.2, 0.25) is 0 Å². The maximum Gasteiger partial charge on any atom is 0.324 e. The molecule has 0 radical (unpaired) electrons. The molecule has 25 heavy (non-hydrogen) atoms. The fourth-order valence-electron chi connectivity index (χ4n) is 3.29. The number of urea groups is 1. The largest absolute Gasteiger partial charge is 0.485 e. The summed E-state index contributed by atoms with van der Waals surface area (Å²) in [6, 6.07) is 9.36. The van der Waals surface area contributed by atoms with Gasteiger partial charge in [-0.3, -0.25) is 5.32 Å². The minimum absolute atomic E-state index is 0.225. The average Bonchev–Trinajstić information content (AvgIpc) is 2.80. The van der Waals surface area contributed by atoms with Gasteiger partial charge in [0, 0.05) is 30.8 Å². The smallest absolute Gasteiger partial charge is 0.324 e. The van der Waals surface area contributed by atoms with Crippen molar-refractivity contribution in [2.24, 2.45) is 0 Å². The fourth-order valence-corrected chi connectivity index (χ4v) is 3.29. The highest BCUT2D eigenvalue weighted by Crippen LogP contribution is 2.35. The lowest BCUT2D eigenvalue weighted by molar-refractivity contribution is -0.0530. The van der Waals surface area contributed by atoms with Crippen LogP contribution in [0, 0.1) is 0 Å². The Kier molecular flexibility index (Phi) is 4.23. The van der Waals surface area contributed by atoms with Gasteiger partial charge in [0.15, 0.2) is 0 Å². The highest BCUT2D eigenvalue weighted by Gasteiger charge is 2.40. The monoisotopic (exact) mass is 340 g/mol.